The van der Waals surface area contributed by atoms with Crippen molar-refractivity contribution >= 4 is 16.6 Å². The molecule has 125 heavy (non-hydrogen) atoms. The Balaban J connectivity index is 0.000000352. The van der Waals surface area contributed by atoms with Crippen LogP contribution in [0, 0.1) is 0 Å². The summed E-state index contributed by atoms with van der Waals surface area (Å²) in [6, 6.07) is 44.9. The average Bonchev–Trinajstić information content (AvgIpc) is 1.73. The second-order valence-electron chi connectivity index (χ2n) is 42.8. The first-order valence-corrected chi connectivity index (χ1v) is 43.2. The molecule has 0 unspecified atom stereocenters. The summed E-state index contributed by atoms with van der Waals surface area (Å²) < 4.78 is 1.77. The highest BCUT2D eigenvalue weighted by Crippen LogP contribution is 2.29. The van der Waals surface area contributed by atoms with E-state index >= 15 is 0 Å². The van der Waals surface area contributed by atoms with Crippen molar-refractivity contribution in [2.75, 3.05) is 0 Å². The van der Waals surface area contributed by atoms with Gasteiger partial charge in [-0.2, -0.15) is 20.4 Å². The Bertz CT molecular complexity index is 4330. The van der Waals surface area contributed by atoms with Gasteiger partial charge in [-0.05, 0) is 145 Å². The van der Waals surface area contributed by atoms with E-state index in [1.165, 1.54) is 38.8 Å². The quantitative estimate of drug-likeness (QED) is 0.143. The van der Waals surface area contributed by atoms with Gasteiger partial charge in [0, 0.05) is 166 Å². The Morgan fingerprint density at radius 1 is 0.272 bits per heavy atom. The van der Waals surface area contributed by atoms with Crippen molar-refractivity contribution in [2.24, 2.45) is 0 Å². The van der Waals surface area contributed by atoms with E-state index in [1.54, 1.807) is 72.9 Å². The number of nitrogens with zero attached hydrogens (tertiary/aromatic N) is 17. The second kappa shape index (κ2) is 48.8. The lowest BCUT2D eigenvalue weighted by Gasteiger charge is -2.18. The minimum Gasteiger partial charge on any atom is -0.367 e. The van der Waals surface area contributed by atoms with Gasteiger partial charge in [-0.3, -0.25) is 30.0 Å². The first kappa shape index (κ1) is 108. The first-order valence-electron chi connectivity index (χ1n) is 43.2. The van der Waals surface area contributed by atoms with Crippen molar-refractivity contribution in [3.63, 3.8) is 0 Å². The predicted octanol–water partition coefficient (Wildman–Crippen LogP) is 26.2. The fourth-order valence-electron chi connectivity index (χ4n) is 10.3. The molecule has 0 saturated carbocycles. The molecule has 0 saturated heterocycles. The lowest BCUT2D eigenvalue weighted by molar-refractivity contribution is 0.545. The molecule has 0 aliphatic rings. The van der Waals surface area contributed by atoms with Crippen LogP contribution in [0.25, 0.3) is 16.6 Å². The molecular formula is C106H153N19. The molecule has 0 aliphatic carbocycles. The minimum absolute atomic E-state index is 0.0707. The highest BCUT2D eigenvalue weighted by molar-refractivity contribution is 5.78. The Kier molecular flexibility index (Phi) is 42.1. The zero-order chi connectivity index (χ0) is 94.4. The molecule has 0 spiro atoms. The predicted molar refractivity (Wildman–Crippen MR) is 524 cm³/mol. The standard InChI is InChI=1S/C11H14N2.C10H13N3.C10H14.3C9H13N.5C8H12N2.C8H13N/c1-11(2,3)9-4-5-10-8(6-9)7-12-13-10;1-10(2,3)8-5-7-13-9(12-8)4-6-11-13;1-10(2,3)9-7-5-4-6-8-9;1-9(2,3)8-4-6-10-7-5-8;1-9(2,3)8-5-4-6-10-7-8;1-9(2,3)8-6-4-5-7-10-8;1-8(2,3)7-4-9-6-10-5-7;1-8(2,3)7-6-9-4-5-10-7;1-8(2,3)7-4-5-9-6-10-7;1-8(2,3)7-9-5-4-6-10-7;1-8(2,3)7-5-4-6-9-10-7;1-8(2,3)7-4-5-9-6-7/h4-7H,1-3H3,(H,12,13);4-7H,1-3H3;4-8H,1-3H3;3*4-7H,1-3H3;5*4-6H,1-3H3;4-6,9H,1-3H3. The molecule has 12 heterocycles. The zero-order valence-electron chi connectivity index (χ0n) is 82.9. The van der Waals surface area contributed by atoms with E-state index in [4.69, 9.17) is 0 Å². The van der Waals surface area contributed by atoms with Gasteiger partial charge >= 0.3 is 0 Å². The molecule has 19 nitrogen and oxygen atoms in total. The molecule has 672 valence electrons. The lowest BCUT2D eigenvalue weighted by Crippen LogP contribution is -2.14. The van der Waals surface area contributed by atoms with Crippen molar-refractivity contribution < 1.29 is 0 Å². The van der Waals surface area contributed by atoms with Crippen LogP contribution in [0.3, 0.4) is 0 Å². The molecule has 14 aromatic rings. The molecule has 0 aliphatic heterocycles. The molecule has 0 bridgehead atoms. The minimum atomic E-state index is 0.0707. The van der Waals surface area contributed by atoms with Gasteiger partial charge in [0.1, 0.15) is 18.5 Å². The summed E-state index contributed by atoms with van der Waals surface area (Å²) in [6.07, 6.45) is 37.9. The molecule has 0 atom stereocenters. The number of hydrogen-bond donors (Lipinski definition) is 2. The fraction of sp³-hybridized carbons (Fsp3) is 0.453. The van der Waals surface area contributed by atoms with Crippen LogP contribution in [-0.2, 0) is 65.0 Å². The molecule has 2 N–H and O–H groups in total. The topological polar surface area (TPSA) is 242 Å². The number of pyridine rings is 3. The van der Waals surface area contributed by atoms with Gasteiger partial charge in [-0.15, -0.1) is 0 Å². The van der Waals surface area contributed by atoms with Gasteiger partial charge in [-0.1, -0.05) is 298 Å². The third-order valence-corrected chi connectivity index (χ3v) is 18.6. The van der Waals surface area contributed by atoms with Gasteiger partial charge in [0.2, 0.25) is 0 Å². The van der Waals surface area contributed by atoms with E-state index in [0.29, 0.717) is 10.8 Å². The maximum Gasteiger partial charge on any atom is 0.155 e. The third kappa shape index (κ3) is 43.7. The maximum absolute atomic E-state index is 4.51. The van der Waals surface area contributed by atoms with E-state index in [0.717, 1.165) is 45.5 Å². The van der Waals surface area contributed by atoms with E-state index in [-0.39, 0.29) is 54.1 Å². The number of aromatic nitrogens is 19. The van der Waals surface area contributed by atoms with E-state index in [2.05, 4.69) is 418 Å². The SMILES string of the molecule is CC(C)(C)c1cc[nH]c1.CC(C)(C)c1ccc2[nH]ncc2c1.CC(C)(C)c1ccccc1.CC(C)(C)c1ccccn1.CC(C)(C)c1cccnc1.CC(C)(C)c1cccnn1.CC(C)(C)c1ccn2nccc2n1.CC(C)(C)c1ccncc1.CC(C)(C)c1ccncn1.CC(C)(C)c1cnccn1.CC(C)(C)c1cncnc1.CC(C)(C)c1ncccn1. The number of rotatable bonds is 0. The van der Waals surface area contributed by atoms with Crippen molar-refractivity contribution in [3.8, 4) is 0 Å². The molecule has 19 heteroatoms. The summed E-state index contributed by atoms with van der Waals surface area (Å²) in [7, 11) is 0. The van der Waals surface area contributed by atoms with Gasteiger partial charge in [0.15, 0.2) is 5.65 Å². The van der Waals surface area contributed by atoms with Gasteiger partial charge < -0.3 is 4.98 Å². The Hall–Kier alpha value is -11.3. The molecule has 0 fully saturated rings. The highest BCUT2D eigenvalue weighted by atomic mass is 15.2. The van der Waals surface area contributed by atoms with Crippen LogP contribution in [0.4, 0.5) is 0 Å². The maximum atomic E-state index is 4.51. The molecular weight excluding hydrogens is 1540 g/mol. The summed E-state index contributed by atoms with van der Waals surface area (Å²) in [5.41, 5.74) is 17.5. The summed E-state index contributed by atoms with van der Waals surface area (Å²) in [5, 5.41) is 20.0. The number of aromatic amines is 2. The Morgan fingerprint density at radius 2 is 0.760 bits per heavy atom. The zero-order valence-corrected chi connectivity index (χ0v) is 82.9. The van der Waals surface area contributed by atoms with Crippen molar-refractivity contribution in [3.05, 3.63) is 332 Å². The van der Waals surface area contributed by atoms with E-state index in [1.807, 2.05) is 117 Å². The van der Waals surface area contributed by atoms with Crippen LogP contribution >= 0.6 is 0 Å². The van der Waals surface area contributed by atoms with Crippen LogP contribution in [0.5, 0.6) is 0 Å². The van der Waals surface area contributed by atoms with Crippen molar-refractivity contribution in [2.45, 2.75) is 314 Å². The number of fused-ring (bicyclic) bond motifs is 2. The molecule has 0 amide bonds. The normalized spacial score (nSPS) is 11.7. The van der Waals surface area contributed by atoms with Crippen molar-refractivity contribution in [1.82, 2.24) is 94.8 Å². The molecule has 0 radical (unpaired) electrons. The van der Waals surface area contributed by atoms with Crippen molar-refractivity contribution in [1.29, 1.82) is 0 Å². The van der Waals surface area contributed by atoms with Crippen LogP contribution in [0.2, 0.25) is 0 Å². The largest absolute Gasteiger partial charge is 0.367 e. The lowest BCUT2D eigenvalue weighted by atomic mass is 9.86. The van der Waals surface area contributed by atoms with Crippen LogP contribution in [-0.4, -0.2) is 94.8 Å². The number of nitrogens with one attached hydrogen (secondary N) is 2. The van der Waals surface area contributed by atoms with E-state index in [9.17, 15) is 0 Å². The van der Waals surface area contributed by atoms with Gasteiger partial charge in [0.25, 0.3) is 0 Å². The van der Waals surface area contributed by atoms with E-state index < -0.39 is 0 Å². The average molecular weight is 1690 g/mol. The second-order valence-corrected chi connectivity index (χ2v) is 42.8. The first-order chi connectivity index (χ1) is 57.7. The van der Waals surface area contributed by atoms with Crippen LogP contribution < -0.4 is 0 Å². The Morgan fingerprint density at radius 3 is 1.14 bits per heavy atom. The number of H-pyrrole nitrogens is 2. The summed E-state index contributed by atoms with van der Waals surface area (Å²) in [4.78, 5) is 52.1. The van der Waals surface area contributed by atoms with Gasteiger partial charge in [-0.25, -0.2) is 39.4 Å². The molecule has 14 rings (SSSR count). The number of benzene rings is 2. The number of hydrogen-bond acceptors (Lipinski definition) is 16. The van der Waals surface area contributed by atoms with Crippen LogP contribution in [0.15, 0.2) is 264 Å². The van der Waals surface area contributed by atoms with Gasteiger partial charge in [0.05, 0.1) is 29.3 Å². The molecule has 2 aromatic carbocycles. The highest BCUT2D eigenvalue weighted by Gasteiger charge is 2.22. The van der Waals surface area contributed by atoms with Crippen LogP contribution in [0.1, 0.15) is 317 Å². The summed E-state index contributed by atoms with van der Waals surface area (Å²) in [5.74, 6) is 0.898. The summed E-state index contributed by atoms with van der Waals surface area (Å²) >= 11 is 0. The molecule has 12 aromatic heterocycles. The Labute approximate surface area is 752 Å². The fourth-order valence-corrected chi connectivity index (χ4v) is 10.3. The smallest absolute Gasteiger partial charge is 0.155 e. The third-order valence-electron chi connectivity index (χ3n) is 18.6. The monoisotopic (exact) mass is 1690 g/mol. The summed E-state index contributed by atoms with van der Waals surface area (Å²) in [6.45, 7) is 77.9.